The normalized spacial score (nSPS) is 10.1. The van der Waals surface area contributed by atoms with Crippen LogP contribution in [-0.2, 0) is 7.05 Å². The highest BCUT2D eigenvalue weighted by molar-refractivity contribution is 5.39. The first-order valence-corrected chi connectivity index (χ1v) is 5.67. The largest absolute Gasteiger partial charge is 0.493 e. The zero-order chi connectivity index (χ0) is 12.8. The molecule has 0 amide bonds. The van der Waals surface area contributed by atoms with Crippen LogP contribution in [0, 0.1) is 0 Å². The Balaban J connectivity index is 1.78. The first-order valence-electron chi connectivity index (χ1n) is 5.67. The maximum Gasteiger partial charge on any atom is 0.161 e. The second kappa shape index (κ2) is 5.95. The number of methoxy groups -OCH3 is 1. The summed E-state index contributed by atoms with van der Waals surface area (Å²) in [6.45, 7) is 0.916. The average Bonchev–Trinajstić information content (AvgIpc) is 2.81. The maximum absolute atomic E-state index is 5.58. The van der Waals surface area contributed by atoms with Crippen LogP contribution in [-0.4, -0.2) is 30.1 Å². The number of hydrogen-bond acceptors (Lipinski definition) is 4. The molecule has 0 bridgehead atoms. The van der Waals surface area contributed by atoms with E-state index in [2.05, 4.69) is 5.10 Å². The Morgan fingerprint density at radius 2 is 1.83 bits per heavy atom. The van der Waals surface area contributed by atoms with E-state index in [1.165, 1.54) is 0 Å². The van der Waals surface area contributed by atoms with Crippen molar-refractivity contribution >= 4 is 0 Å². The van der Waals surface area contributed by atoms with Gasteiger partial charge in [-0.3, -0.25) is 4.68 Å². The molecule has 0 unspecified atom stereocenters. The summed E-state index contributed by atoms with van der Waals surface area (Å²) in [7, 11) is 3.46. The Kier molecular flexibility index (Phi) is 4.06. The van der Waals surface area contributed by atoms with Gasteiger partial charge in [0.15, 0.2) is 17.2 Å². The van der Waals surface area contributed by atoms with Gasteiger partial charge >= 0.3 is 0 Å². The third-order valence-corrected chi connectivity index (χ3v) is 2.36. The van der Waals surface area contributed by atoms with Gasteiger partial charge in [-0.15, -0.1) is 0 Å². The number of rotatable bonds is 6. The highest BCUT2D eigenvalue weighted by atomic mass is 16.5. The van der Waals surface area contributed by atoms with E-state index in [-0.39, 0.29) is 0 Å². The number of aryl methyl sites for hydroxylation is 1. The van der Waals surface area contributed by atoms with E-state index in [0.717, 1.165) is 17.2 Å². The molecule has 2 rings (SSSR count). The molecule has 0 N–H and O–H groups in total. The summed E-state index contributed by atoms with van der Waals surface area (Å²) in [5, 5.41) is 4.01. The number of benzene rings is 1. The van der Waals surface area contributed by atoms with Gasteiger partial charge in [0.25, 0.3) is 0 Å². The number of hydrogen-bond donors (Lipinski definition) is 0. The van der Waals surface area contributed by atoms with Gasteiger partial charge in [0.05, 0.1) is 19.5 Å². The van der Waals surface area contributed by atoms with Crippen LogP contribution < -0.4 is 14.2 Å². The van der Waals surface area contributed by atoms with Crippen molar-refractivity contribution in [2.45, 2.75) is 0 Å². The predicted molar refractivity (Wildman–Crippen MR) is 67.2 cm³/mol. The van der Waals surface area contributed by atoms with Crippen LogP contribution in [0.5, 0.6) is 17.2 Å². The topological polar surface area (TPSA) is 45.5 Å². The van der Waals surface area contributed by atoms with E-state index in [1.807, 2.05) is 37.5 Å². The summed E-state index contributed by atoms with van der Waals surface area (Å²) >= 11 is 0. The summed E-state index contributed by atoms with van der Waals surface area (Å²) in [5.41, 5.74) is 0. The summed E-state index contributed by atoms with van der Waals surface area (Å²) in [5.74, 6) is 2.18. The van der Waals surface area contributed by atoms with Crippen molar-refractivity contribution in [1.82, 2.24) is 9.78 Å². The molecule has 0 fully saturated rings. The highest BCUT2D eigenvalue weighted by Gasteiger charge is 2.02. The average molecular weight is 248 g/mol. The van der Waals surface area contributed by atoms with Gasteiger partial charge in [-0.25, -0.2) is 0 Å². The molecule has 0 spiro atoms. The third-order valence-electron chi connectivity index (χ3n) is 2.36. The minimum Gasteiger partial charge on any atom is -0.493 e. The molecule has 0 saturated carbocycles. The van der Waals surface area contributed by atoms with Crippen molar-refractivity contribution in [2.75, 3.05) is 20.3 Å². The fraction of sp³-hybridized carbons (Fsp3) is 0.308. The van der Waals surface area contributed by atoms with Crippen LogP contribution in [0.15, 0.2) is 36.7 Å². The Labute approximate surface area is 106 Å². The lowest BCUT2D eigenvalue weighted by molar-refractivity contribution is 0.211. The van der Waals surface area contributed by atoms with E-state index in [0.29, 0.717) is 13.2 Å². The first-order chi connectivity index (χ1) is 8.79. The van der Waals surface area contributed by atoms with Crippen LogP contribution in [0.25, 0.3) is 0 Å². The fourth-order valence-corrected chi connectivity index (χ4v) is 1.52. The molecule has 5 nitrogen and oxygen atoms in total. The molecule has 1 aromatic carbocycles. The van der Waals surface area contributed by atoms with Gasteiger partial charge in [0.2, 0.25) is 0 Å². The molecule has 0 radical (unpaired) electrons. The van der Waals surface area contributed by atoms with Gasteiger partial charge in [-0.05, 0) is 12.1 Å². The molecule has 18 heavy (non-hydrogen) atoms. The monoisotopic (exact) mass is 248 g/mol. The summed E-state index contributed by atoms with van der Waals surface area (Å²) in [6, 6.07) is 7.53. The number of ether oxygens (including phenoxy) is 3. The van der Waals surface area contributed by atoms with Crippen molar-refractivity contribution in [2.24, 2.45) is 7.05 Å². The molecule has 5 heteroatoms. The first kappa shape index (κ1) is 12.3. The van der Waals surface area contributed by atoms with E-state index in [1.54, 1.807) is 18.0 Å². The molecule has 0 aliphatic heterocycles. The van der Waals surface area contributed by atoms with Crippen LogP contribution in [0.4, 0.5) is 0 Å². The van der Waals surface area contributed by atoms with Crippen LogP contribution in [0.1, 0.15) is 0 Å². The number of nitrogens with zero attached hydrogens (tertiary/aromatic N) is 2. The van der Waals surface area contributed by atoms with Crippen molar-refractivity contribution in [1.29, 1.82) is 0 Å². The molecule has 0 aliphatic rings. The van der Waals surface area contributed by atoms with Crippen molar-refractivity contribution in [3.8, 4) is 17.2 Å². The SMILES string of the molecule is COc1ccccc1OCCOc1cnn(C)c1. The van der Waals surface area contributed by atoms with E-state index < -0.39 is 0 Å². The summed E-state index contributed by atoms with van der Waals surface area (Å²) in [4.78, 5) is 0. The van der Waals surface area contributed by atoms with Crippen molar-refractivity contribution in [3.63, 3.8) is 0 Å². The van der Waals surface area contributed by atoms with Gasteiger partial charge in [0, 0.05) is 7.05 Å². The molecule has 2 aromatic rings. The van der Waals surface area contributed by atoms with Crippen LogP contribution in [0.3, 0.4) is 0 Å². The lowest BCUT2D eigenvalue weighted by Gasteiger charge is -2.10. The Hall–Kier alpha value is -2.17. The lowest BCUT2D eigenvalue weighted by atomic mass is 10.3. The Morgan fingerprint density at radius 3 is 2.50 bits per heavy atom. The van der Waals surface area contributed by atoms with Crippen molar-refractivity contribution < 1.29 is 14.2 Å². The smallest absolute Gasteiger partial charge is 0.161 e. The van der Waals surface area contributed by atoms with Crippen LogP contribution in [0.2, 0.25) is 0 Å². The van der Waals surface area contributed by atoms with E-state index in [9.17, 15) is 0 Å². The maximum atomic E-state index is 5.58. The van der Waals surface area contributed by atoms with Gasteiger partial charge in [-0.1, -0.05) is 12.1 Å². The minimum atomic E-state index is 0.454. The van der Waals surface area contributed by atoms with Crippen molar-refractivity contribution in [3.05, 3.63) is 36.7 Å². The number of para-hydroxylation sites is 2. The minimum absolute atomic E-state index is 0.454. The molecule has 96 valence electrons. The molecular weight excluding hydrogens is 232 g/mol. The number of aromatic nitrogens is 2. The van der Waals surface area contributed by atoms with Gasteiger partial charge in [0.1, 0.15) is 13.2 Å². The third kappa shape index (κ3) is 3.16. The quantitative estimate of drug-likeness (QED) is 0.732. The summed E-state index contributed by atoms with van der Waals surface area (Å²) in [6.07, 6.45) is 3.48. The standard InChI is InChI=1S/C13H16N2O3/c1-15-10-11(9-14-15)17-7-8-18-13-6-4-3-5-12(13)16-2/h3-6,9-10H,7-8H2,1-2H3. The molecule has 0 aliphatic carbocycles. The van der Waals surface area contributed by atoms with E-state index in [4.69, 9.17) is 14.2 Å². The second-order valence-electron chi connectivity index (χ2n) is 3.70. The highest BCUT2D eigenvalue weighted by Crippen LogP contribution is 2.25. The van der Waals surface area contributed by atoms with Gasteiger partial charge in [-0.2, -0.15) is 5.10 Å². The second-order valence-corrected chi connectivity index (χ2v) is 3.70. The molecule has 0 atom stereocenters. The molecule has 0 saturated heterocycles. The predicted octanol–water partition coefficient (Wildman–Crippen LogP) is 1.89. The zero-order valence-electron chi connectivity index (χ0n) is 10.5. The van der Waals surface area contributed by atoms with Crippen LogP contribution >= 0.6 is 0 Å². The fourth-order valence-electron chi connectivity index (χ4n) is 1.52. The molecule has 1 heterocycles. The Bertz CT molecular complexity index is 496. The zero-order valence-corrected chi connectivity index (χ0v) is 10.5. The molecule has 1 aromatic heterocycles. The van der Waals surface area contributed by atoms with E-state index >= 15 is 0 Å². The molecular formula is C13H16N2O3. The van der Waals surface area contributed by atoms with Gasteiger partial charge < -0.3 is 14.2 Å². The Morgan fingerprint density at radius 1 is 1.11 bits per heavy atom. The lowest BCUT2D eigenvalue weighted by Crippen LogP contribution is -2.09. The summed E-state index contributed by atoms with van der Waals surface area (Å²) < 4.78 is 17.9.